The summed E-state index contributed by atoms with van der Waals surface area (Å²) in [5.74, 6) is 1.36. The van der Waals surface area contributed by atoms with Crippen molar-refractivity contribution in [2.24, 2.45) is 4.99 Å². The Bertz CT molecular complexity index is 2200. The predicted molar refractivity (Wildman–Crippen MR) is 193 cm³/mol. The first-order valence-corrected chi connectivity index (χ1v) is 17.1. The number of nitrogens with zero attached hydrogens (tertiary/aromatic N) is 2. The average molecular weight is 745 g/mol. The Morgan fingerprint density at radius 3 is 2.48 bits per heavy atom. The molecule has 0 spiro atoms. The van der Waals surface area contributed by atoms with Crippen LogP contribution in [0.4, 0.5) is 5.69 Å². The second-order valence-corrected chi connectivity index (χ2v) is 13.1. The molecule has 1 aliphatic rings. The van der Waals surface area contributed by atoms with E-state index in [1.54, 1.807) is 30.7 Å². The highest BCUT2D eigenvalue weighted by molar-refractivity contribution is 9.10. The molecule has 48 heavy (non-hydrogen) atoms. The number of fused-ring (bicyclic) bond motifs is 1. The quantitative estimate of drug-likeness (QED) is 0.163. The van der Waals surface area contributed by atoms with E-state index in [1.807, 2.05) is 91.9 Å². The van der Waals surface area contributed by atoms with Crippen molar-refractivity contribution >= 4 is 56.5 Å². The van der Waals surface area contributed by atoms with Gasteiger partial charge in [0.05, 0.1) is 40.0 Å². The number of halogens is 2. The molecule has 244 valence electrons. The Balaban J connectivity index is 1.41. The Labute approximate surface area is 294 Å². The fraction of sp³-hybridized carbons (Fsp3) is 0.162. The lowest BCUT2D eigenvalue weighted by Gasteiger charge is -2.25. The first-order valence-electron chi connectivity index (χ1n) is 15.1. The average Bonchev–Trinajstić information content (AvgIpc) is 3.38. The van der Waals surface area contributed by atoms with Gasteiger partial charge in [0.1, 0.15) is 12.4 Å². The van der Waals surface area contributed by atoms with Gasteiger partial charge in [-0.1, -0.05) is 71.5 Å². The zero-order valence-corrected chi connectivity index (χ0v) is 29.5. The van der Waals surface area contributed by atoms with Gasteiger partial charge in [0.15, 0.2) is 16.3 Å². The summed E-state index contributed by atoms with van der Waals surface area (Å²) in [5, 5.41) is 3.59. The van der Waals surface area contributed by atoms with Crippen LogP contribution in [0.5, 0.6) is 17.2 Å². The minimum absolute atomic E-state index is 0.248. The molecular formula is C37H31BrClN3O5S. The topological polar surface area (TPSA) is 91.2 Å². The Kier molecular flexibility index (Phi) is 10.1. The van der Waals surface area contributed by atoms with Gasteiger partial charge < -0.3 is 19.5 Å². The third-order valence-electron chi connectivity index (χ3n) is 7.68. The van der Waals surface area contributed by atoms with E-state index in [2.05, 4.69) is 21.2 Å². The van der Waals surface area contributed by atoms with Crippen LogP contribution in [0.1, 0.15) is 36.6 Å². The standard InChI is InChI=1S/C37H31BrClN3O5S/c1-4-46-27-16-14-24(15-17-27)33-32(35(43)41-26-11-6-5-7-12-26)22(2)40-37-42(33)36(44)31(48-37)20-23-18-28(38)34(30(19-23)45-3)47-21-25-10-8-9-13-29(25)39/h5-20,33H,4,21H2,1-3H3,(H,41,43)/b31-20-/t33-/m0/s1. The van der Waals surface area contributed by atoms with Crippen LogP contribution in [-0.4, -0.2) is 24.2 Å². The summed E-state index contributed by atoms with van der Waals surface area (Å²) in [6, 6.07) is 27.1. The third-order valence-corrected chi connectivity index (χ3v) is 9.62. The second-order valence-electron chi connectivity index (χ2n) is 10.8. The molecule has 1 aliphatic heterocycles. The van der Waals surface area contributed by atoms with Crippen molar-refractivity contribution in [1.29, 1.82) is 0 Å². The van der Waals surface area contributed by atoms with Gasteiger partial charge in [0.25, 0.3) is 11.5 Å². The second kappa shape index (κ2) is 14.6. The number of methoxy groups -OCH3 is 1. The number of ether oxygens (including phenoxy) is 3. The maximum absolute atomic E-state index is 14.2. The van der Waals surface area contributed by atoms with E-state index in [0.29, 0.717) is 65.2 Å². The van der Waals surface area contributed by atoms with Crippen molar-refractivity contribution in [1.82, 2.24) is 4.57 Å². The molecule has 8 nitrogen and oxygen atoms in total. The Morgan fingerprint density at radius 2 is 1.77 bits per heavy atom. The molecule has 0 saturated carbocycles. The van der Waals surface area contributed by atoms with Crippen LogP contribution in [0.15, 0.2) is 117 Å². The van der Waals surface area contributed by atoms with Crippen LogP contribution in [0, 0.1) is 0 Å². The van der Waals surface area contributed by atoms with Gasteiger partial charge in [-0.15, -0.1) is 0 Å². The van der Waals surface area contributed by atoms with Crippen LogP contribution in [0.25, 0.3) is 6.08 Å². The van der Waals surface area contributed by atoms with Gasteiger partial charge in [0, 0.05) is 16.3 Å². The zero-order chi connectivity index (χ0) is 33.8. The van der Waals surface area contributed by atoms with Crippen LogP contribution < -0.4 is 34.4 Å². The number of carbonyl (C=O) groups is 1. The number of carbonyl (C=O) groups excluding carboxylic acids is 1. The first-order chi connectivity index (χ1) is 23.3. The molecule has 1 aromatic heterocycles. The van der Waals surface area contributed by atoms with Gasteiger partial charge in [-0.3, -0.25) is 14.2 Å². The van der Waals surface area contributed by atoms with Crippen molar-refractivity contribution in [2.45, 2.75) is 26.5 Å². The molecule has 4 aromatic carbocycles. The van der Waals surface area contributed by atoms with Crippen molar-refractivity contribution in [3.8, 4) is 17.2 Å². The summed E-state index contributed by atoms with van der Waals surface area (Å²) < 4.78 is 20.1. The zero-order valence-electron chi connectivity index (χ0n) is 26.3. The summed E-state index contributed by atoms with van der Waals surface area (Å²) in [4.78, 5) is 33.3. The van der Waals surface area contributed by atoms with Gasteiger partial charge >= 0.3 is 0 Å². The summed E-state index contributed by atoms with van der Waals surface area (Å²) >= 11 is 11.2. The number of rotatable bonds is 10. The monoisotopic (exact) mass is 743 g/mol. The van der Waals surface area contributed by atoms with Gasteiger partial charge in [-0.2, -0.15) is 0 Å². The molecule has 0 unspecified atom stereocenters. The smallest absolute Gasteiger partial charge is 0.271 e. The number of para-hydroxylation sites is 1. The highest BCUT2D eigenvalue weighted by Gasteiger charge is 2.32. The molecule has 1 atom stereocenters. The predicted octanol–water partition coefficient (Wildman–Crippen LogP) is 7.28. The molecule has 1 N–H and O–H groups in total. The van der Waals surface area contributed by atoms with Crippen LogP contribution in [0.2, 0.25) is 5.02 Å². The number of thiazole rings is 1. The number of aromatic nitrogens is 1. The lowest BCUT2D eigenvalue weighted by Crippen LogP contribution is -2.40. The molecule has 2 heterocycles. The SMILES string of the molecule is CCOc1ccc([C@H]2C(C(=O)Nc3ccccc3)=C(C)N=c3s/c(=C\c4cc(Br)c(OCc5ccccc5Cl)c(OC)c4)c(=O)n32)cc1. The Hall–Kier alpha value is -4.64. The van der Waals surface area contributed by atoms with E-state index in [0.717, 1.165) is 11.1 Å². The summed E-state index contributed by atoms with van der Waals surface area (Å²) in [5.41, 5.74) is 3.58. The first kappa shape index (κ1) is 33.3. The number of hydrogen-bond acceptors (Lipinski definition) is 7. The van der Waals surface area contributed by atoms with Crippen molar-refractivity contribution < 1.29 is 19.0 Å². The number of allylic oxidation sites excluding steroid dienone is 1. The molecule has 0 saturated heterocycles. The highest BCUT2D eigenvalue weighted by atomic mass is 79.9. The van der Waals surface area contributed by atoms with Gasteiger partial charge in [-0.25, -0.2) is 4.99 Å². The lowest BCUT2D eigenvalue weighted by atomic mass is 9.95. The van der Waals surface area contributed by atoms with E-state index in [-0.39, 0.29) is 18.1 Å². The van der Waals surface area contributed by atoms with E-state index in [9.17, 15) is 9.59 Å². The van der Waals surface area contributed by atoms with Crippen molar-refractivity contribution in [3.63, 3.8) is 0 Å². The maximum Gasteiger partial charge on any atom is 0.271 e. The van der Waals surface area contributed by atoms with Crippen molar-refractivity contribution in [3.05, 3.63) is 148 Å². The Morgan fingerprint density at radius 1 is 1.04 bits per heavy atom. The largest absolute Gasteiger partial charge is 0.494 e. The fourth-order valence-electron chi connectivity index (χ4n) is 5.44. The minimum Gasteiger partial charge on any atom is -0.494 e. The number of benzene rings is 4. The molecule has 0 bridgehead atoms. The number of nitrogens with one attached hydrogen (secondary N) is 1. The fourth-order valence-corrected chi connectivity index (χ4v) is 7.25. The normalized spacial score (nSPS) is 14.3. The van der Waals surface area contributed by atoms with Gasteiger partial charge in [0.2, 0.25) is 0 Å². The molecule has 0 radical (unpaired) electrons. The maximum atomic E-state index is 14.2. The number of amides is 1. The number of hydrogen-bond donors (Lipinski definition) is 1. The highest BCUT2D eigenvalue weighted by Crippen LogP contribution is 2.38. The van der Waals surface area contributed by atoms with Crippen LogP contribution in [-0.2, 0) is 11.4 Å². The molecule has 5 aromatic rings. The molecule has 0 aliphatic carbocycles. The summed E-state index contributed by atoms with van der Waals surface area (Å²) in [6.45, 7) is 4.48. The molecule has 1 amide bonds. The third kappa shape index (κ3) is 6.96. The summed E-state index contributed by atoms with van der Waals surface area (Å²) in [6.07, 6.45) is 1.78. The van der Waals surface area contributed by atoms with Crippen molar-refractivity contribution in [2.75, 3.05) is 19.0 Å². The molecular weight excluding hydrogens is 714 g/mol. The summed E-state index contributed by atoms with van der Waals surface area (Å²) in [7, 11) is 1.56. The lowest BCUT2D eigenvalue weighted by molar-refractivity contribution is -0.113. The van der Waals surface area contributed by atoms with E-state index in [4.69, 9.17) is 30.8 Å². The van der Waals surface area contributed by atoms with E-state index < -0.39 is 6.04 Å². The minimum atomic E-state index is -0.718. The van der Waals surface area contributed by atoms with Crippen LogP contribution >= 0.6 is 38.9 Å². The molecule has 6 rings (SSSR count). The van der Waals surface area contributed by atoms with E-state index in [1.165, 1.54) is 11.3 Å². The van der Waals surface area contributed by atoms with E-state index >= 15 is 0 Å². The number of anilines is 1. The molecule has 0 fully saturated rings. The molecule has 11 heteroatoms. The van der Waals surface area contributed by atoms with Crippen LogP contribution in [0.3, 0.4) is 0 Å². The van der Waals surface area contributed by atoms with Gasteiger partial charge in [-0.05, 0) is 89.4 Å².